The summed E-state index contributed by atoms with van der Waals surface area (Å²) in [6.45, 7) is 2.65. The van der Waals surface area contributed by atoms with Gasteiger partial charge in [0.05, 0.1) is 28.2 Å². The minimum atomic E-state index is -3.03. The quantitative estimate of drug-likeness (QED) is 0.877. The van der Waals surface area contributed by atoms with E-state index in [1.807, 2.05) is 6.92 Å². The molecule has 1 N–H and O–H groups in total. The van der Waals surface area contributed by atoms with E-state index in [4.69, 9.17) is 0 Å². The Bertz CT molecular complexity index is 436. The summed E-state index contributed by atoms with van der Waals surface area (Å²) in [5, 5.41) is 7.24. The third kappa shape index (κ3) is 3.57. The summed E-state index contributed by atoms with van der Waals surface area (Å²) in [5.41, 5.74) is 0.854. The number of aromatic nitrogens is 2. The van der Waals surface area contributed by atoms with Crippen LogP contribution in [0.25, 0.3) is 0 Å². The van der Waals surface area contributed by atoms with Crippen molar-refractivity contribution < 1.29 is 8.42 Å². The summed E-state index contributed by atoms with van der Waals surface area (Å²) in [4.78, 5) is 0. The minimum Gasteiger partial charge on any atom is -0.308 e. The molecule has 16 heavy (non-hydrogen) atoms. The molecule has 0 bridgehead atoms. The first-order chi connectivity index (χ1) is 7.35. The van der Waals surface area contributed by atoms with Gasteiger partial charge in [-0.25, -0.2) is 8.42 Å². The standard InChI is InChI=1S/C9H16BrN3O2S/c1-4-11-8(6-16(3,14)15)9-7(10)5-12-13(9)2/h5,8,11H,4,6H2,1-3H3. The zero-order chi connectivity index (χ0) is 12.3. The normalized spacial score (nSPS) is 14.0. The second-order valence-corrected chi connectivity index (χ2v) is 6.74. The highest BCUT2D eigenvalue weighted by molar-refractivity contribution is 9.10. The summed E-state index contributed by atoms with van der Waals surface area (Å²) in [6.07, 6.45) is 2.91. The van der Waals surface area contributed by atoms with E-state index in [0.29, 0.717) is 6.54 Å². The predicted molar refractivity (Wildman–Crippen MR) is 67.0 cm³/mol. The van der Waals surface area contributed by atoms with E-state index in [0.717, 1.165) is 10.2 Å². The molecule has 1 heterocycles. The van der Waals surface area contributed by atoms with E-state index in [2.05, 4.69) is 26.3 Å². The number of aryl methyl sites for hydroxylation is 1. The lowest BCUT2D eigenvalue weighted by molar-refractivity contribution is 0.531. The molecular weight excluding hydrogens is 294 g/mol. The molecule has 0 saturated heterocycles. The average Bonchev–Trinajstić information content (AvgIpc) is 2.43. The van der Waals surface area contributed by atoms with Gasteiger partial charge < -0.3 is 5.32 Å². The van der Waals surface area contributed by atoms with Crippen molar-refractivity contribution in [2.75, 3.05) is 18.6 Å². The van der Waals surface area contributed by atoms with Crippen LogP contribution >= 0.6 is 15.9 Å². The van der Waals surface area contributed by atoms with Crippen LogP contribution in [-0.2, 0) is 16.9 Å². The maximum absolute atomic E-state index is 11.3. The van der Waals surface area contributed by atoms with E-state index < -0.39 is 9.84 Å². The number of rotatable bonds is 5. The van der Waals surface area contributed by atoms with Crippen LogP contribution < -0.4 is 5.32 Å². The molecule has 5 nitrogen and oxygen atoms in total. The van der Waals surface area contributed by atoms with Gasteiger partial charge in [-0.05, 0) is 22.5 Å². The van der Waals surface area contributed by atoms with Gasteiger partial charge in [0, 0.05) is 13.3 Å². The van der Waals surface area contributed by atoms with Crippen molar-refractivity contribution in [2.24, 2.45) is 7.05 Å². The van der Waals surface area contributed by atoms with Crippen LogP contribution in [0.2, 0.25) is 0 Å². The van der Waals surface area contributed by atoms with Crippen LogP contribution in [0.3, 0.4) is 0 Å². The Hall–Kier alpha value is -0.400. The second kappa shape index (κ2) is 5.29. The summed E-state index contributed by atoms with van der Waals surface area (Å²) in [7, 11) is -1.23. The van der Waals surface area contributed by atoms with Gasteiger partial charge in [-0.3, -0.25) is 4.68 Å². The minimum absolute atomic E-state index is 0.0684. The van der Waals surface area contributed by atoms with E-state index in [1.165, 1.54) is 6.26 Å². The zero-order valence-corrected chi connectivity index (χ0v) is 12.0. The predicted octanol–water partition coefficient (Wildman–Crippen LogP) is 0.878. The van der Waals surface area contributed by atoms with Crippen molar-refractivity contribution in [1.82, 2.24) is 15.1 Å². The average molecular weight is 310 g/mol. The topological polar surface area (TPSA) is 64.0 Å². The van der Waals surface area contributed by atoms with Crippen LogP contribution in [-0.4, -0.2) is 36.8 Å². The summed E-state index contributed by atoms with van der Waals surface area (Å²) in [6, 6.07) is -0.234. The highest BCUT2D eigenvalue weighted by Crippen LogP contribution is 2.23. The first-order valence-corrected chi connectivity index (χ1v) is 7.79. The maximum atomic E-state index is 11.3. The maximum Gasteiger partial charge on any atom is 0.149 e. The van der Waals surface area contributed by atoms with Gasteiger partial charge in [0.2, 0.25) is 0 Å². The molecule has 0 fully saturated rings. The van der Waals surface area contributed by atoms with Gasteiger partial charge in [0.1, 0.15) is 9.84 Å². The van der Waals surface area contributed by atoms with Crippen LogP contribution in [0.15, 0.2) is 10.7 Å². The molecule has 0 saturated carbocycles. The van der Waals surface area contributed by atoms with Crippen LogP contribution in [0.5, 0.6) is 0 Å². The van der Waals surface area contributed by atoms with Crippen molar-refractivity contribution in [3.8, 4) is 0 Å². The van der Waals surface area contributed by atoms with Gasteiger partial charge in [-0.15, -0.1) is 0 Å². The SMILES string of the molecule is CCNC(CS(C)(=O)=O)c1c(Br)cnn1C. The Kier molecular flexibility index (Phi) is 4.52. The van der Waals surface area contributed by atoms with Gasteiger partial charge in [-0.1, -0.05) is 6.92 Å². The fourth-order valence-electron chi connectivity index (χ4n) is 1.60. The van der Waals surface area contributed by atoms with E-state index in [-0.39, 0.29) is 11.8 Å². The first kappa shape index (κ1) is 13.7. The van der Waals surface area contributed by atoms with E-state index in [9.17, 15) is 8.42 Å². The molecule has 0 spiro atoms. The summed E-state index contributed by atoms with van der Waals surface area (Å²) < 4.78 is 25.2. The van der Waals surface area contributed by atoms with Crippen molar-refractivity contribution >= 4 is 25.8 Å². The van der Waals surface area contributed by atoms with Gasteiger partial charge >= 0.3 is 0 Å². The Balaban J connectivity index is 3.03. The fraction of sp³-hybridized carbons (Fsp3) is 0.667. The van der Waals surface area contributed by atoms with Crippen LogP contribution in [0, 0.1) is 0 Å². The molecule has 1 rings (SSSR count). The van der Waals surface area contributed by atoms with Crippen molar-refractivity contribution in [1.29, 1.82) is 0 Å². The van der Waals surface area contributed by atoms with E-state index in [1.54, 1.807) is 17.9 Å². The summed E-state index contributed by atoms with van der Waals surface area (Å²) >= 11 is 3.38. The number of sulfone groups is 1. The molecular formula is C9H16BrN3O2S. The molecule has 7 heteroatoms. The van der Waals surface area contributed by atoms with Gasteiger partial charge in [0.15, 0.2) is 0 Å². The Morgan fingerprint density at radius 2 is 2.25 bits per heavy atom. The molecule has 0 aliphatic carbocycles. The lowest BCUT2D eigenvalue weighted by Gasteiger charge is -2.17. The third-order valence-electron chi connectivity index (χ3n) is 2.19. The van der Waals surface area contributed by atoms with Crippen LogP contribution in [0.4, 0.5) is 0 Å². The van der Waals surface area contributed by atoms with Gasteiger partial charge in [0.25, 0.3) is 0 Å². The monoisotopic (exact) mass is 309 g/mol. The lowest BCUT2D eigenvalue weighted by Crippen LogP contribution is -2.29. The Morgan fingerprint density at radius 3 is 2.62 bits per heavy atom. The van der Waals surface area contributed by atoms with Crippen LogP contribution in [0.1, 0.15) is 18.7 Å². The molecule has 1 aromatic rings. The number of nitrogens with zero attached hydrogens (tertiary/aromatic N) is 2. The fourth-order valence-corrected chi connectivity index (χ4v) is 3.10. The van der Waals surface area contributed by atoms with Crippen molar-refractivity contribution in [2.45, 2.75) is 13.0 Å². The Labute approximate surface area is 104 Å². The molecule has 0 amide bonds. The molecule has 0 aromatic carbocycles. The third-order valence-corrected chi connectivity index (χ3v) is 3.74. The highest BCUT2D eigenvalue weighted by atomic mass is 79.9. The molecule has 0 aliphatic heterocycles. The molecule has 1 unspecified atom stereocenters. The number of hydrogen-bond donors (Lipinski definition) is 1. The highest BCUT2D eigenvalue weighted by Gasteiger charge is 2.21. The van der Waals surface area contributed by atoms with Gasteiger partial charge in [-0.2, -0.15) is 5.10 Å². The second-order valence-electron chi connectivity index (χ2n) is 3.70. The molecule has 1 atom stereocenters. The zero-order valence-electron chi connectivity index (χ0n) is 9.57. The number of hydrogen-bond acceptors (Lipinski definition) is 4. The van der Waals surface area contributed by atoms with Crippen molar-refractivity contribution in [3.63, 3.8) is 0 Å². The lowest BCUT2D eigenvalue weighted by atomic mass is 10.2. The Morgan fingerprint density at radius 1 is 1.62 bits per heavy atom. The molecule has 1 aromatic heterocycles. The largest absolute Gasteiger partial charge is 0.308 e. The first-order valence-electron chi connectivity index (χ1n) is 4.93. The summed E-state index contributed by atoms with van der Waals surface area (Å²) in [5.74, 6) is 0.0684. The molecule has 0 radical (unpaired) electrons. The molecule has 92 valence electrons. The smallest absolute Gasteiger partial charge is 0.149 e. The number of nitrogens with one attached hydrogen (secondary N) is 1. The van der Waals surface area contributed by atoms with E-state index >= 15 is 0 Å². The number of halogens is 1. The molecule has 0 aliphatic rings. The van der Waals surface area contributed by atoms with Crippen molar-refractivity contribution in [3.05, 3.63) is 16.4 Å².